The number of carbonyl (C=O) groups excluding carboxylic acids is 1. The summed E-state index contributed by atoms with van der Waals surface area (Å²) < 4.78 is 27.2. The fourth-order valence-electron chi connectivity index (χ4n) is 3.00. The lowest BCUT2D eigenvalue weighted by atomic mass is 10.0. The molecule has 2 heterocycles. The number of aromatic nitrogens is 1. The monoisotopic (exact) mass is 409 g/mol. The van der Waals surface area contributed by atoms with E-state index in [0.717, 1.165) is 5.56 Å². The Morgan fingerprint density at radius 1 is 1.03 bits per heavy atom. The Bertz CT molecular complexity index is 1010. The highest BCUT2D eigenvalue weighted by Gasteiger charge is 2.15. The van der Waals surface area contributed by atoms with Crippen molar-refractivity contribution in [2.75, 3.05) is 19.8 Å². The van der Waals surface area contributed by atoms with Gasteiger partial charge in [-0.25, -0.2) is 4.79 Å². The van der Waals surface area contributed by atoms with E-state index in [1.54, 1.807) is 6.07 Å². The predicted molar refractivity (Wildman–Crippen MR) is 109 cm³/mol. The Kier molecular flexibility index (Phi) is 5.88. The lowest BCUT2D eigenvalue weighted by Gasteiger charge is -2.18. The Morgan fingerprint density at radius 2 is 1.80 bits per heavy atom. The summed E-state index contributed by atoms with van der Waals surface area (Å²) in [6.07, 6.45) is 0. The number of fused-ring (bicyclic) bond motifs is 1. The van der Waals surface area contributed by atoms with E-state index in [-0.39, 0.29) is 13.2 Å². The predicted octanol–water partition coefficient (Wildman–Crippen LogP) is 4.36. The lowest BCUT2D eigenvalue weighted by molar-refractivity contribution is -0.147. The third kappa shape index (κ3) is 4.74. The van der Waals surface area contributed by atoms with Crippen LogP contribution in [0.25, 0.3) is 11.3 Å². The quantitative estimate of drug-likeness (QED) is 0.537. The highest BCUT2D eigenvalue weighted by atomic mass is 16.6. The summed E-state index contributed by atoms with van der Waals surface area (Å²) in [5, 5.41) is 3.96. The molecule has 3 aromatic rings. The van der Waals surface area contributed by atoms with Gasteiger partial charge in [0, 0.05) is 11.6 Å². The van der Waals surface area contributed by atoms with E-state index < -0.39 is 5.97 Å². The maximum Gasteiger partial charge on any atom is 0.344 e. The zero-order valence-electron chi connectivity index (χ0n) is 16.9. The number of benzene rings is 2. The molecule has 0 bridgehead atoms. The van der Waals surface area contributed by atoms with Crippen molar-refractivity contribution < 1.29 is 28.3 Å². The van der Waals surface area contributed by atoms with Gasteiger partial charge in [-0.1, -0.05) is 31.1 Å². The van der Waals surface area contributed by atoms with Gasteiger partial charge >= 0.3 is 5.97 Å². The molecule has 0 atom stereocenters. The SMILES string of the molecule is CC(C)c1ccc(OCC(=O)OCc2cc(-c3ccc4c(c3)OCCO4)on2)cc1. The van der Waals surface area contributed by atoms with Crippen LogP contribution in [0.15, 0.2) is 53.1 Å². The van der Waals surface area contributed by atoms with E-state index >= 15 is 0 Å². The Balaban J connectivity index is 1.28. The van der Waals surface area contributed by atoms with E-state index in [0.29, 0.717) is 47.8 Å². The van der Waals surface area contributed by atoms with Crippen LogP contribution in [0.3, 0.4) is 0 Å². The second-order valence-electron chi connectivity index (χ2n) is 7.21. The molecule has 2 aromatic carbocycles. The minimum absolute atomic E-state index is 0.00251. The van der Waals surface area contributed by atoms with Gasteiger partial charge in [-0.05, 0) is 41.8 Å². The third-order valence-electron chi connectivity index (χ3n) is 4.67. The van der Waals surface area contributed by atoms with Crippen LogP contribution in [0.2, 0.25) is 0 Å². The van der Waals surface area contributed by atoms with Gasteiger partial charge in [0.25, 0.3) is 0 Å². The van der Waals surface area contributed by atoms with E-state index in [1.165, 1.54) is 5.56 Å². The molecular weight excluding hydrogens is 386 g/mol. The van der Waals surface area contributed by atoms with Crippen molar-refractivity contribution in [3.05, 3.63) is 59.8 Å². The van der Waals surface area contributed by atoms with Crippen LogP contribution in [0, 0.1) is 0 Å². The fourth-order valence-corrected chi connectivity index (χ4v) is 3.00. The van der Waals surface area contributed by atoms with Gasteiger partial charge < -0.3 is 23.5 Å². The van der Waals surface area contributed by atoms with Crippen LogP contribution in [0.1, 0.15) is 31.0 Å². The highest BCUT2D eigenvalue weighted by Crippen LogP contribution is 2.34. The topological polar surface area (TPSA) is 80.0 Å². The van der Waals surface area contributed by atoms with Crippen LogP contribution >= 0.6 is 0 Å². The smallest absolute Gasteiger partial charge is 0.344 e. The van der Waals surface area contributed by atoms with Crippen LogP contribution < -0.4 is 14.2 Å². The molecule has 0 spiro atoms. The Morgan fingerprint density at radius 3 is 2.57 bits per heavy atom. The standard InChI is InChI=1S/C23H23NO6/c1-15(2)16-3-6-19(7-4-16)28-14-23(25)29-13-18-12-21(30-24-18)17-5-8-20-22(11-17)27-10-9-26-20/h3-8,11-12,15H,9-10,13-14H2,1-2H3. The molecule has 0 saturated heterocycles. The van der Waals surface area contributed by atoms with E-state index in [4.69, 9.17) is 23.5 Å². The first-order chi connectivity index (χ1) is 14.6. The maximum absolute atomic E-state index is 12.0. The fraction of sp³-hybridized carbons (Fsp3) is 0.304. The third-order valence-corrected chi connectivity index (χ3v) is 4.67. The molecular formula is C23H23NO6. The molecule has 0 saturated carbocycles. The summed E-state index contributed by atoms with van der Waals surface area (Å²) in [5.41, 5.74) is 2.52. The first kappa shape index (κ1) is 19.8. The minimum Gasteiger partial charge on any atom is -0.486 e. The highest BCUT2D eigenvalue weighted by molar-refractivity contribution is 5.71. The maximum atomic E-state index is 12.0. The molecule has 0 aliphatic carbocycles. The molecule has 1 aliphatic rings. The molecule has 0 N–H and O–H groups in total. The van der Waals surface area contributed by atoms with Gasteiger partial charge in [0.1, 0.15) is 31.3 Å². The van der Waals surface area contributed by atoms with E-state index in [1.807, 2.05) is 42.5 Å². The first-order valence-electron chi connectivity index (χ1n) is 9.82. The molecule has 0 radical (unpaired) electrons. The van der Waals surface area contributed by atoms with Gasteiger partial charge in [0.15, 0.2) is 23.9 Å². The average molecular weight is 409 g/mol. The van der Waals surface area contributed by atoms with Gasteiger partial charge in [-0.2, -0.15) is 0 Å². The molecule has 0 amide bonds. The van der Waals surface area contributed by atoms with Crippen molar-refractivity contribution in [1.82, 2.24) is 5.16 Å². The lowest BCUT2D eigenvalue weighted by Crippen LogP contribution is -2.15. The van der Waals surface area contributed by atoms with E-state index in [9.17, 15) is 4.79 Å². The largest absolute Gasteiger partial charge is 0.486 e. The number of rotatable bonds is 7. The summed E-state index contributed by atoms with van der Waals surface area (Å²) in [5.74, 6) is 2.52. The average Bonchev–Trinajstić information content (AvgIpc) is 3.25. The molecule has 1 aromatic heterocycles. The molecule has 1 aliphatic heterocycles. The number of carbonyl (C=O) groups is 1. The first-order valence-corrected chi connectivity index (χ1v) is 9.82. The van der Waals surface area contributed by atoms with Crippen molar-refractivity contribution in [2.45, 2.75) is 26.4 Å². The molecule has 7 nitrogen and oxygen atoms in total. The number of ether oxygens (including phenoxy) is 4. The summed E-state index contributed by atoms with van der Waals surface area (Å²) in [6.45, 7) is 5.12. The molecule has 30 heavy (non-hydrogen) atoms. The number of esters is 1. The summed E-state index contributed by atoms with van der Waals surface area (Å²) in [7, 11) is 0. The Labute approximate surface area is 174 Å². The van der Waals surface area contributed by atoms with Crippen molar-refractivity contribution in [3.8, 4) is 28.6 Å². The van der Waals surface area contributed by atoms with Crippen LogP contribution in [-0.2, 0) is 16.1 Å². The van der Waals surface area contributed by atoms with Crippen molar-refractivity contribution in [2.24, 2.45) is 0 Å². The number of hydrogen-bond acceptors (Lipinski definition) is 7. The van der Waals surface area contributed by atoms with Gasteiger partial charge in [0.2, 0.25) is 0 Å². The van der Waals surface area contributed by atoms with E-state index in [2.05, 4.69) is 19.0 Å². The zero-order chi connectivity index (χ0) is 20.9. The van der Waals surface area contributed by atoms with Gasteiger partial charge in [-0.15, -0.1) is 0 Å². The van der Waals surface area contributed by atoms with Gasteiger partial charge in [0.05, 0.1) is 0 Å². The number of nitrogens with zero attached hydrogens (tertiary/aromatic N) is 1. The Hall–Kier alpha value is -3.48. The van der Waals surface area contributed by atoms with Crippen molar-refractivity contribution in [3.63, 3.8) is 0 Å². The molecule has 0 fully saturated rings. The zero-order valence-corrected chi connectivity index (χ0v) is 16.9. The minimum atomic E-state index is -0.480. The van der Waals surface area contributed by atoms with Crippen LogP contribution in [-0.4, -0.2) is 30.9 Å². The van der Waals surface area contributed by atoms with Gasteiger partial charge in [-0.3, -0.25) is 0 Å². The summed E-state index contributed by atoms with van der Waals surface area (Å²) in [6, 6.07) is 14.9. The summed E-state index contributed by atoms with van der Waals surface area (Å²) >= 11 is 0. The second kappa shape index (κ2) is 8.90. The van der Waals surface area contributed by atoms with Crippen molar-refractivity contribution >= 4 is 5.97 Å². The molecule has 4 rings (SSSR count). The van der Waals surface area contributed by atoms with Crippen LogP contribution in [0.5, 0.6) is 17.2 Å². The number of hydrogen-bond donors (Lipinski definition) is 0. The second-order valence-corrected chi connectivity index (χ2v) is 7.21. The molecule has 0 unspecified atom stereocenters. The summed E-state index contributed by atoms with van der Waals surface area (Å²) in [4.78, 5) is 12.0. The normalized spacial score (nSPS) is 12.6. The van der Waals surface area contributed by atoms with Crippen molar-refractivity contribution in [1.29, 1.82) is 0 Å². The molecule has 7 heteroatoms. The molecule has 156 valence electrons. The van der Waals surface area contributed by atoms with Crippen LogP contribution in [0.4, 0.5) is 0 Å².